The summed E-state index contributed by atoms with van der Waals surface area (Å²) in [6, 6.07) is 8.36. The van der Waals surface area contributed by atoms with Crippen molar-refractivity contribution in [2.45, 2.75) is 19.3 Å². The largest absolute Gasteiger partial charge is 0.481 e. The SMILES string of the molecule is C1=Cc2ccccc2CC=N1.O=C(O)CCC(=O)O. The fourth-order valence-electron chi connectivity index (χ4n) is 1.43. The first-order valence-electron chi connectivity index (χ1n) is 5.79. The highest BCUT2D eigenvalue weighted by molar-refractivity contribution is 5.75. The predicted molar refractivity (Wildman–Crippen MR) is 72.2 cm³/mol. The van der Waals surface area contributed by atoms with E-state index >= 15 is 0 Å². The summed E-state index contributed by atoms with van der Waals surface area (Å²) in [5.74, 6) is -2.15. The summed E-state index contributed by atoms with van der Waals surface area (Å²) in [4.78, 5) is 23.4. The van der Waals surface area contributed by atoms with Gasteiger partial charge in [0.15, 0.2) is 0 Å². The van der Waals surface area contributed by atoms with Crippen LogP contribution in [0.5, 0.6) is 0 Å². The Kier molecular flexibility index (Phi) is 6.02. The molecule has 0 amide bonds. The lowest BCUT2D eigenvalue weighted by Gasteiger charge is -1.98. The molecular weight excluding hydrogens is 246 g/mol. The number of benzene rings is 1. The summed E-state index contributed by atoms with van der Waals surface area (Å²) in [7, 11) is 0. The highest BCUT2D eigenvalue weighted by Gasteiger charge is 2.00. The van der Waals surface area contributed by atoms with E-state index in [9.17, 15) is 9.59 Å². The molecule has 1 aromatic carbocycles. The number of hydrogen-bond donors (Lipinski definition) is 2. The van der Waals surface area contributed by atoms with Gasteiger partial charge in [0.2, 0.25) is 0 Å². The Balaban J connectivity index is 0.000000203. The zero-order valence-electron chi connectivity index (χ0n) is 10.3. The van der Waals surface area contributed by atoms with E-state index in [1.807, 2.05) is 18.5 Å². The Morgan fingerprint density at radius 3 is 2.37 bits per heavy atom. The molecule has 0 saturated carbocycles. The van der Waals surface area contributed by atoms with Crippen molar-refractivity contribution in [2.75, 3.05) is 0 Å². The van der Waals surface area contributed by atoms with Crippen LogP contribution in [0.1, 0.15) is 24.0 Å². The topological polar surface area (TPSA) is 87.0 Å². The highest BCUT2D eigenvalue weighted by Crippen LogP contribution is 2.12. The molecule has 0 aromatic heterocycles. The van der Waals surface area contributed by atoms with E-state index in [0.717, 1.165) is 6.42 Å². The fraction of sp³-hybridized carbons (Fsp3) is 0.214. The van der Waals surface area contributed by atoms with E-state index in [-0.39, 0.29) is 12.8 Å². The molecule has 0 saturated heterocycles. The second-order valence-electron chi connectivity index (χ2n) is 3.84. The van der Waals surface area contributed by atoms with Gasteiger partial charge in [-0.05, 0) is 17.2 Å². The van der Waals surface area contributed by atoms with Crippen molar-refractivity contribution in [3.8, 4) is 0 Å². The summed E-state index contributed by atoms with van der Waals surface area (Å²) >= 11 is 0. The van der Waals surface area contributed by atoms with E-state index < -0.39 is 11.9 Å². The third-order valence-corrected chi connectivity index (χ3v) is 2.36. The van der Waals surface area contributed by atoms with Gasteiger partial charge < -0.3 is 10.2 Å². The molecule has 5 heteroatoms. The summed E-state index contributed by atoms with van der Waals surface area (Å²) in [5, 5.41) is 15.8. The fourth-order valence-corrected chi connectivity index (χ4v) is 1.43. The van der Waals surface area contributed by atoms with E-state index in [1.54, 1.807) is 0 Å². The molecule has 5 nitrogen and oxygen atoms in total. The Morgan fingerprint density at radius 1 is 1.11 bits per heavy atom. The molecule has 1 aromatic rings. The number of aliphatic imine (C=N–C) groups is 1. The van der Waals surface area contributed by atoms with Crippen molar-refractivity contribution >= 4 is 24.2 Å². The summed E-state index contributed by atoms with van der Waals surface area (Å²) < 4.78 is 0. The van der Waals surface area contributed by atoms with Crippen LogP contribution in [0.3, 0.4) is 0 Å². The molecule has 1 aliphatic heterocycles. The van der Waals surface area contributed by atoms with Gasteiger partial charge in [-0.15, -0.1) is 0 Å². The lowest BCUT2D eigenvalue weighted by Crippen LogP contribution is -2.00. The standard InChI is InChI=1S/C10H9N.C4H6O4/c1-2-4-10-6-8-11-7-5-9(10)3-1;5-3(6)1-2-4(7)8/h1-5,7-8H,6H2;1-2H2,(H,5,6)(H,7,8). The Bertz CT molecular complexity index is 492. The van der Waals surface area contributed by atoms with Crippen LogP contribution >= 0.6 is 0 Å². The highest BCUT2D eigenvalue weighted by atomic mass is 16.4. The van der Waals surface area contributed by atoms with Crippen LogP contribution in [-0.4, -0.2) is 28.4 Å². The maximum atomic E-state index is 9.64. The van der Waals surface area contributed by atoms with Gasteiger partial charge in [-0.3, -0.25) is 14.6 Å². The second kappa shape index (κ2) is 7.81. The maximum absolute atomic E-state index is 9.64. The van der Waals surface area contributed by atoms with Crippen molar-refractivity contribution in [3.63, 3.8) is 0 Å². The first-order valence-corrected chi connectivity index (χ1v) is 5.79. The summed E-state index contributed by atoms with van der Waals surface area (Å²) in [5.41, 5.74) is 2.63. The minimum absolute atomic E-state index is 0.296. The number of nitrogens with zero attached hydrogens (tertiary/aromatic N) is 1. The molecule has 100 valence electrons. The lowest BCUT2D eigenvalue weighted by molar-refractivity contribution is -0.143. The number of aliphatic carboxylic acids is 2. The number of rotatable bonds is 3. The van der Waals surface area contributed by atoms with Crippen LogP contribution in [0, 0.1) is 0 Å². The molecule has 0 radical (unpaired) electrons. The molecule has 1 aliphatic rings. The van der Waals surface area contributed by atoms with Crippen molar-refractivity contribution in [2.24, 2.45) is 4.99 Å². The van der Waals surface area contributed by atoms with Crippen LogP contribution in [0.4, 0.5) is 0 Å². The molecule has 0 fully saturated rings. The number of fused-ring (bicyclic) bond motifs is 1. The molecule has 0 aliphatic carbocycles. The molecule has 2 rings (SSSR count). The van der Waals surface area contributed by atoms with Gasteiger partial charge in [0.25, 0.3) is 0 Å². The lowest BCUT2D eigenvalue weighted by atomic mass is 10.1. The minimum atomic E-state index is -1.08. The first-order chi connectivity index (χ1) is 9.09. The Morgan fingerprint density at radius 2 is 1.74 bits per heavy atom. The van der Waals surface area contributed by atoms with E-state index in [0.29, 0.717) is 0 Å². The molecule has 19 heavy (non-hydrogen) atoms. The zero-order valence-corrected chi connectivity index (χ0v) is 10.3. The van der Waals surface area contributed by atoms with E-state index in [2.05, 4.69) is 29.3 Å². The average Bonchev–Trinajstić information content (AvgIpc) is 2.62. The third-order valence-electron chi connectivity index (χ3n) is 2.36. The van der Waals surface area contributed by atoms with Crippen LogP contribution in [0.2, 0.25) is 0 Å². The number of hydrogen-bond acceptors (Lipinski definition) is 3. The van der Waals surface area contributed by atoms with Gasteiger partial charge in [-0.25, -0.2) is 0 Å². The quantitative estimate of drug-likeness (QED) is 0.873. The third kappa shape index (κ3) is 6.16. The second-order valence-corrected chi connectivity index (χ2v) is 3.84. The molecule has 0 atom stereocenters. The first kappa shape index (κ1) is 14.6. The zero-order chi connectivity index (χ0) is 14.1. The van der Waals surface area contributed by atoms with Crippen LogP contribution in [-0.2, 0) is 16.0 Å². The molecule has 1 heterocycles. The monoisotopic (exact) mass is 261 g/mol. The number of carbonyl (C=O) groups is 2. The molecule has 2 N–H and O–H groups in total. The van der Waals surface area contributed by atoms with Crippen molar-refractivity contribution in [1.82, 2.24) is 0 Å². The van der Waals surface area contributed by atoms with Gasteiger partial charge >= 0.3 is 11.9 Å². The molecule has 0 unspecified atom stereocenters. The summed E-state index contributed by atoms with van der Waals surface area (Å²) in [6.07, 6.45) is 6.17. The normalized spacial score (nSPS) is 11.8. The van der Waals surface area contributed by atoms with Crippen molar-refractivity contribution in [1.29, 1.82) is 0 Å². The van der Waals surface area contributed by atoms with Gasteiger partial charge in [0, 0.05) is 18.8 Å². The summed E-state index contributed by atoms with van der Waals surface area (Å²) in [6.45, 7) is 0. The number of carboxylic acids is 2. The van der Waals surface area contributed by atoms with Crippen LogP contribution in [0.15, 0.2) is 35.5 Å². The van der Waals surface area contributed by atoms with Crippen LogP contribution in [0.25, 0.3) is 6.08 Å². The van der Waals surface area contributed by atoms with E-state index in [1.165, 1.54) is 11.1 Å². The van der Waals surface area contributed by atoms with Gasteiger partial charge in [-0.2, -0.15) is 0 Å². The average molecular weight is 261 g/mol. The molecule has 0 bridgehead atoms. The minimum Gasteiger partial charge on any atom is -0.481 e. The van der Waals surface area contributed by atoms with Gasteiger partial charge in [0.1, 0.15) is 0 Å². The number of carboxylic acid groups (broad SMARTS) is 2. The molecule has 0 spiro atoms. The van der Waals surface area contributed by atoms with Crippen molar-refractivity contribution in [3.05, 3.63) is 41.6 Å². The predicted octanol–water partition coefficient (Wildman–Crippen LogP) is 2.22. The smallest absolute Gasteiger partial charge is 0.303 e. The Hall–Kier alpha value is -2.43. The van der Waals surface area contributed by atoms with Crippen molar-refractivity contribution < 1.29 is 19.8 Å². The van der Waals surface area contributed by atoms with Gasteiger partial charge in [-0.1, -0.05) is 24.3 Å². The van der Waals surface area contributed by atoms with Gasteiger partial charge in [0.05, 0.1) is 12.8 Å². The molecular formula is C14H15NO4. The maximum Gasteiger partial charge on any atom is 0.303 e. The Labute approximate surface area is 110 Å². The van der Waals surface area contributed by atoms with E-state index in [4.69, 9.17) is 10.2 Å². The van der Waals surface area contributed by atoms with Crippen LogP contribution < -0.4 is 0 Å².